The predicted molar refractivity (Wildman–Crippen MR) is 140 cm³/mol. The monoisotopic (exact) mass is 500 g/mol. The van der Waals surface area contributed by atoms with Gasteiger partial charge in [-0.25, -0.2) is 0 Å². The highest BCUT2D eigenvalue weighted by Gasteiger charge is 2.45. The lowest BCUT2D eigenvalue weighted by Gasteiger charge is -2.25. The number of likely N-dealkylation sites (tertiary alicyclic amines) is 1. The Bertz CT molecular complexity index is 1490. The van der Waals surface area contributed by atoms with Gasteiger partial charge in [-0.2, -0.15) is 0 Å². The summed E-state index contributed by atoms with van der Waals surface area (Å²) in [6, 6.07) is 21.0. The number of carbonyl (C=O) groups is 2. The Morgan fingerprint density at radius 3 is 2.42 bits per heavy atom. The van der Waals surface area contributed by atoms with E-state index in [0.29, 0.717) is 34.9 Å². The van der Waals surface area contributed by atoms with Gasteiger partial charge in [0.25, 0.3) is 11.7 Å². The first-order valence-electron chi connectivity index (χ1n) is 11.6. The molecule has 7 heteroatoms. The van der Waals surface area contributed by atoms with Crippen molar-refractivity contribution in [2.24, 2.45) is 0 Å². The molecule has 182 valence electrons. The van der Waals surface area contributed by atoms with E-state index in [9.17, 15) is 14.7 Å². The number of nitrogens with zero attached hydrogens (tertiary/aromatic N) is 1. The zero-order valence-corrected chi connectivity index (χ0v) is 20.7. The molecule has 5 rings (SSSR count). The van der Waals surface area contributed by atoms with E-state index in [1.807, 2.05) is 31.2 Å². The summed E-state index contributed by atoms with van der Waals surface area (Å²) in [5, 5.41) is 12.9. The summed E-state index contributed by atoms with van der Waals surface area (Å²) >= 11 is 6.11. The zero-order chi connectivity index (χ0) is 25.4. The summed E-state index contributed by atoms with van der Waals surface area (Å²) in [4.78, 5) is 31.5. The van der Waals surface area contributed by atoms with E-state index in [2.05, 4.69) is 4.98 Å². The maximum Gasteiger partial charge on any atom is 0.295 e. The number of benzene rings is 3. The third-order valence-electron chi connectivity index (χ3n) is 6.72. The van der Waals surface area contributed by atoms with E-state index in [1.165, 1.54) is 0 Å². The van der Waals surface area contributed by atoms with Crippen molar-refractivity contribution in [2.75, 3.05) is 13.7 Å². The number of carbonyl (C=O) groups excluding carboxylic acids is 2. The molecule has 1 atom stereocenters. The first kappa shape index (κ1) is 23.7. The van der Waals surface area contributed by atoms with Crippen molar-refractivity contribution in [3.05, 3.63) is 106 Å². The Labute approximate surface area is 213 Å². The summed E-state index contributed by atoms with van der Waals surface area (Å²) in [5.74, 6) is -0.946. The van der Waals surface area contributed by atoms with Crippen LogP contribution in [0.5, 0.6) is 5.75 Å². The molecule has 0 spiro atoms. The summed E-state index contributed by atoms with van der Waals surface area (Å²) in [6.07, 6.45) is 0.551. The average Bonchev–Trinajstić information content (AvgIpc) is 3.35. The van der Waals surface area contributed by atoms with Gasteiger partial charge in [-0.1, -0.05) is 41.9 Å². The number of aryl methyl sites for hydroxylation is 1. The largest absolute Gasteiger partial charge is 0.507 e. The molecule has 0 saturated carbocycles. The minimum Gasteiger partial charge on any atom is -0.507 e. The van der Waals surface area contributed by atoms with Crippen LogP contribution in [0.3, 0.4) is 0 Å². The van der Waals surface area contributed by atoms with Gasteiger partial charge in [-0.3, -0.25) is 9.59 Å². The van der Waals surface area contributed by atoms with Gasteiger partial charge in [0.15, 0.2) is 0 Å². The molecular weight excluding hydrogens is 476 g/mol. The third-order valence-corrected chi connectivity index (χ3v) is 6.97. The van der Waals surface area contributed by atoms with E-state index in [-0.39, 0.29) is 11.3 Å². The Kier molecular flexibility index (Phi) is 6.29. The number of halogens is 1. The number of aliphatic hydroxyl groups is 1. The van der Waals surface area contributed by atoms with Crippen molar-refractivity contribution in [1.29, 1.82) is 0 Å². The number of H-pyrrole nitrogens is 1. The first-order chi connectivity index (χ1) is 17.4. The van der Waals surface area contributed by atoms with Gasteiger partial charge in [0, 0.05) is 33.7 Å². The molecule has 1 saturated heterocycles. The van der Waals surface area contributed by atoms with Crippen molar-refractivity contribution >= 4 is 40.0 Å². The maximum atomic E-state index is 13.3. The number of ether oxygens (including phenoxy) is 1. The van der Waals surface area contributed by atoms with Crippen LogP contribution in [0.1, 0.15) is 28.4 Å². The summed E-state index contributed by atoms with van der Waals surface area (Å²) < 4.78 is 5.20. The molecule has 4 aromatic rings. The van der Waals surface area contributed by atoms with Gasteiger partial charge in [0.1, 0.15) is 11.5 Å². The lowest BCUT2D eigenvalue weighted by atomic mass is 9.95. The standard InChI is InChI=1S/C29H25ClN2O4/c1-17-22(23-5-3-4-6-24(23)31-17)15-16-32-26(18-7-11-20(30)12-8-18)25(28(34)29(32)35)27(33)19-9-13-21(36-2)14-10-19/h3-14,26,31,33H,15-16H2,1-2H3/b27-25-. The number of aromatic amines is 1. The molecule has 0 radical (unpaired) electrons. The second kappa shape index (κ2) is 9.55. The molecule has 36 heavy (non-hydrogen) atoms. The molecule has 2 heterocycles. The Morgan fingerprint density at radius 2 is 1.72 bits per heavy atom. The highest BCUT2D eigenvalue weighted by Crippen LogP contribution is 2.40. The van der Waals surface area contributed by atoms with Gasteiger partial charge in [-0.05, 0) is 66.9 Å². The predicted octanol–water partition coefficient (Wildman–Crippen LogP) is 5.80. The molecule has 0 bridgehead atoms. The van der Waals surface area contributed by atoms with Crippen LogP contribution in [-0.4, -0.2) is 40.3 Å². The van der Waals surface area contributed by atoms with Crippen molar-refractivity contribution in [2.45, 2.75) is 19.4 Å². The van der Waals surface area contributed by atoms with Crippen LogP contribution < -0.4 is 4.74 Å². The summed E-state index contributed by atoms with van der Waals surface area (Å²) in [6.45, 7) is 2.31. The number of hydrogen-bond donors (Lipinski definition) is 2. The van der Waals surface area contributed by atoms with Crippen LogP contribution >= 0.6 is 11.6 Å². The van der Waals surface area contributed by atoms with Gasteiger partial charge in [0.2, 0.25) is 0 Å². The topological polar surface area (TPSA) is 82.6 Å². The van der Waals surface area contributed by atoms with E-state index >= 15 is 0 Å². The molecule has 1 aliphatic rings. The molecule has 1 amide bonds. The minimum absolute atomic E-state index is 0.0585. The van der Waals surface area contributed by atoms with E-state index < -0.39 is 17.7 Å². The number of ketones is 1. The number of Topliss-reactive ketones (excluding diaryl/α,β-unsaturated/α-hetero) is 1. The van der Waals surface area contributed by atoms with Gasteiger partial charge in [0.05, 0.1) is 18.7 Å². The SMILES string of the molecule is COc1ccc(/C(O)=C2/C(=O)C(=O)N(CCc3c(C)[nH]c4ccccc34)C2c2ccc(Cl)cc2)cc1. The molecule has 1 unspecified atom stereocenters. The highest BCUT2D eigenvalue weighted by molar-refractivity contribution is 6.46. The number of rotatable bonds is 6. The number of amides is 1. The minimum atomic E-state index is -0.741. The van der Waals surface area contributed by atoms with E-state index in [0.717, 1.165) is 22.2 Å². The maximum absolute atomic E-state index is 13.3. The van der Waals surface area contributed by atoms with Gasteiger partial charge in [-0.15, -0.1) is 0 Å². The smallest absolute Gasteiger partial charge is 0.295 e. The molecule has 1 aromatic heterocycles. The zero-order valence-electron chi connectivity index (χ0n) is 19.9. The highest BCUT2D eigenvalue weighted by atomic mass is 35.5. The van der Waals surface area contributed by atoms with Crippen molar-refractivity contribution in [3.63, 3.8) is 0 Å². The average molecular weight is 501 g/mol. The van der Waals surface area contributed by atoms with Crippen LogP contribution in [0.2, 0.25) is 5.02 Å². The van der Waals surface area contributed by atoms with Crippen molar-refractivity contribution < 1.29 is 19.4 Å². The van der Waals surface area contributed by atoms with Crippen LogP contribution in [0, 0.1) is 6.92 Å². The molecular formula is C29H25ClN2O4. The van der Waals surface area contributed by atoms with Crippen LogP contribution in [0.15, 0.2) is 78.4 Å². The fraction of sp³-hybridized carbons (Fsp3) is 0.172. The van der Waals surface area contributed by atoms with Crippen molar-refractivity contribution in [3.8, 4) is 5.75 Å². The number of para-hydroxylation sites is 1. The van der Waals surface area contributed by atoms with E-state index in [1.54, 1.807) is 60.5 Å². The van der Waals surface area contributed by atoms with Gasteiger partial charge >= 0.3 is 0 Å². The number of aromatic nitrogens is 1. The lowest BCUT2D eigenvalue weighted by Crippen LogP contribution is -2.31. The Morgan fingerprint density at radius 1 is 1.03 bits per heavy atom. The quantitative estimate of drug-likeness (QED) is 0.199. The third kappa shape index (κ3) is 4.14. The number of aliphatic hydroxyl groups excluding tert-OH is 1. The second-order valence-electron chi connectivity index (χ2n) is 8.80. The summed E-state index contributed by atoms with van der Waals surface area (Å²) in [5.41, 5.74) is 4.33. The molecule has 0 aliphatic carbocycles. The first-order valence-corrected chi connectivity index (χ1v) is 12.0. The Balaban J connectivity index is 1.57. The van der Waals surface area contributed by atoms with E-state index in [4.69, 9.17) is 16.3 Å². The molecule has 3 aromatic carbocycles. The Hall–Kier alpha value is -4.03. The fourth-order valence-corrected chi connectivity index (χ4v) is 5.02. The van der Waals surface area contributed by atoms with Crippen LogP contribution in [0.4, 0.5) is 0 Å². The van der Waals surface area contributed by atoms with Gasteiger partial charge < -0.3 is 19.7 Å². The van der Waals surface area contributed by atoms with Crippen LogP contribution in [-0.2, 0) is 16.0 Å². The normalized spacial score (nSPS) is 17.2. The number of hydrogen-bond acceptors (Lipinski definition) is 4. The molecule has 6 nitrogen and oxygen atoms in total. The fourth-order valence-electron chi connectivity index (χ4n) is 4.90. The number of fused-ring (bicyclic) bond motifs is 1. The molecule has 1 aliphatic heterocycles. The number of nitrogens with one attached hydrogen (secondary N) is 1. The second-order valence-corrected chi connectivity index (χ2v) is 9.23. The number of methoxy groups -OCH3 is 1. The molecule has 1 fully saturated rings. The van der Waals surface area contributed by atoms with Crippen molar-refractivity contribution in [1.82, 2.24) is 9.88 Å². The lowest BCUT2D eigenvalue weighted by molar-refractivity contribution is -0.139. The summed E-state index contributed by atoms with van der Waals surface area (Å²) in [7, 11) is 1.55. The molecule has 2 N–H and O–H groups in total. The van der Waals surface area contributed by atoms with Crippen LogP contribution in [0.25, 0.3) is 16.7 Å².